The molecule has 0 radical (unpaired) electrons. The first kappa shape index (κ1) is 14.9. The highest BCUT2D eigenvalue weighted by atomic mass is 16.2. The number of nitrogens with zero attached hydrogens (tertiary/aromatic N) is 2. The number of carbonyl (C=O) groups is 2. The third kappa shape index (κ3) is 3.99. The van der Waals surface area contributed by atoms with Crippen LogP contribution >= 0.6 is 0 Å². The molecule has 1 atom stereocenters. The van der Waals surface area contributed by atoms with Gasteiger partial charge in [-0.1, -0.05) is 6.08 Å². The van der Waals surface area contributed by atoms with E-state index in [1.54, 1.807) is 0 Å². The lowest BCUT2D eigenvalue weighted by Gasteiger charge is -2.24. The molecule has 1 aliphatic heterocycles. The van der Waals surface area contributed by atoms with E-state index < -0.39 is 0 Å². The minimum atomic E-state index is -0.0277. The van der Waals surface area contributed by atoms with E-state index in [0.717, 1.165) is 38.8 Å². The lowest BCUT2D eigenvalue weighted by atomic mass is 10.2. The Bertz CT molecular complexity index is 379. The van der Waals surface area contributed by atoms with Crippen LogP contribution in [0, 0.1) is 5.92 Å². The van der Waals surface area contributed by atoms with Gasteiger partial charge in [-0.05, 0) is 32.6 Å². The smallest absolute Gasteiger partial charge is 0.317 e. The molecule has 0 aromatic heterocycles. The first-order valence-electron chi connectivity index (χ1n) is 7.57. The molecule has 0 aromatic rings. The van der Waals surface area contributed by atoms with Crippen LogP contribution in [0.2, 0.25) is 0 Å². The fourth-order valence-electron chi connectivity index (χ4n) is 2.54. The van der Waals surface area contributed by atoms with Gasteiger partial charge in [0.05, 0.1) is 0 Å². The maximum Gasteiger partial charge on any atom is 0.317 e. The van der Waals surface area contributed by atoms with Gasteiger partial charge in [0.25, 0.3) is 0 Å². The number of nitrogens with one attached hydrogen (secondary N) is 1. The minimum Gasteiger partial charge on any atom is -0.341 e. The predicted octanol–water partition coefficient (Wildman–Crippen LogP) is 1.60. The molecule has 2 aliphatic rings. The van der Waals surface area contributed by atoms with Gasteiger partial charge < -0.3 is 15.1 Å². The molecule has 1 saturated carbocycles. The molecule has 0 bridgehead atoms. The number of hydrogen-bond donors (Lipinski definition) is 1. The van der Waals surface area contributed by atoms with Crippen LogP contribution in [-0.4, -0.2) is 54.0 Å². The normalized spacial score (nSPS) is 21.1. The Kier molecular flexibility index (Phi) is 5.04. The molecule has 2 rings (SSSR count). The largest absolute Gasteiger partial charge is 0.341 e. The molecule has 0 aromatic carbocycles. The van der Waals surface area contributed by atoms with E-state index >= 15 is 0 Å². The third-order valence-electron chi connectivity index (χ3n) is 3.91. The lowest BCUT2D eigenvalue weighted by molar-refractivity contribution is -0.132. The molecular weight excluding hydrogens is 254 g/mol. The summed E-state index contributed by atoms with van der Waals surface area (Å²) < 4.78 is 0. The predicted molar refractivity (Wildman–Crippen MR) is 78.3 cm³/mol. The second kappa shape index (κ2) is 6.77. The molecule has 112 valence electrons. The fraction of sp³-hybridized carbons (Fsp3) is 0.733. The van der Waals surface area contributed by atoms with Crippen LogP contribution in [0.15, 0.2) is 12.7 Å². The van der Waals surface area contributed by atoms with Gasteiger partial charge >= 0.3 is 6.03 Å². The van der Waals surface area contributed by atoms with Gasteiger partial charge in [-0.15, -0.1) is 6.58 Å². The Morgan fingerprint density at radius 1 is 1.25 bits per heavy atom. The van der Waals surface area contributed by atoms with Crippen LogP contribution in [-0.2, 0) is 4.79 Å². The summed E-state index contributed by atoms with van der Waals surface area (Å²) in [7, 11) is 0. The summed E-state index contributed by atoms with van der Waals surface area (Å²) in [6, 6.07) is 0.0764. The van der Waals surface area contributed by atoms with Crippen molar-refractivity contribution in [3.63, 3.8) is 0 Å². The van der Waals surface area contributed by atoms with Crippen molar-refractivity contribution in [2.45, 2.75) is 38.6 Å². The zero-order chi connectivity index (χ0) is 14.5. The summed E-state index contributed by atoms with van der Waals surface area (Å²) in [4.78, 5) is 27.9. The van der Waals surface area contributed by atoms with Crippen LogP contribution in [0.4, 0.5) is 4.79 Å². The van der Waals surface area contributed by atoms with Gasteiger partial charge in [0.2, 0.25) is 5.91 Å². The van der Waals surface area contributed by atoms with Crippen molar-refractivity contribution >= 4 is 11.9 Å². The number of hydrogen-bond acceptors (Lipinski definition) is 2. The van der Waals surface area contributed by atoms with E-state index in [-0.39, 0.29) is 23.9 Å². The highest BCUT2D eigenvalue weighted by molar-refractivity contribution is 5.81. The summed E-state index contributed by atoms with van der Waals surface area (Å²) in [6.07, 6.45) is 5.52. The van der Waals surface area contributed by atoms with Crippen molar-refractivity contribution in [2.24, 2.45) is 5.92 Å². The van der Waals surface area contributed by atoms with Gasteiger partial charge in [0, 0.05) is 38.1 Å². The SMILES string of the molecule is C=CC[C@H](C)NC(=O)N1CCCN(C(=O)C2CC2)CC1. The van der Waals surface area contributed by atoms with Gasteiger partial charge in [-0.3, -0.25) is 4.79 Å². The zero-order valence-electron chi connectivity index (χ0n) is 12.3. The molecule has 1 N–H and O–H groups in total. The van der Waals surface area contributed by atoms with Crippen LogP contribution in [0.3, 0.4) is 0 Å². The maximum absolute atomic E-state index is 12.1. The molecular formula is C15H25N3O2. The van der Waals surface area contributed by atoms with Crippen molar-refractivity contribution in [3.05, 3.63) is 12.7 Å². The highest BCUT2D eigenvalue weighted by Crippen LogP contribution is 2.31. The standard InChI is InChI=1S/C15H25N3O2/c1-3-5-12(2)16-15(20)18-9-4-8-17(10-11-18)14(19)13-6-7-13/h3,12-13H,1,4-11H2,2H3,(H,16,20)/t12-/m0/s1. The van der Waals surface area contributed by atoms with Crippen molar-refractivity contribution in [1.82, 2.24) is 15.1 Å². The Labute approximate surface area is 121 Å². The highest BCUT2D eigenvalue weighted by Gasteiger charge is 2.34. The Morgan fingerprint density at radius 2 is 1.90 bits per heavy atom. The molecule has 0 unspecified atom stereocenters. The lowest BCUT2D eigenvalue weighted by Crippen LogP contribution is -2.45. The maximum atomic E-state index is 12.1. The van der Waals surface area contributed by atoms with Crippen molar-refractivity contribution in [3.8, 4) is 0 Å². The fourth-order valence-corrected chi connectivity index (χ4v) is 2.54. The topological polar surface area (TPSA) is 52.7 Å². The molecule has 1 saturated heterocycles. The molecule has 1 heterocycles. The van der Waals surface area contributed by atoms with E-state index in [0.29, 0.717) is 13.1 Å². The summed E-state index contributed by atoms with van der Waals surface area (Å²) in [5, 5.41) is 2.97. The average molecular weight is 279 g/mol. The number of amides is 3. The van der Waals surface area contributed by atoms with Crippen LogP contribution in [0.5, 0.6) is 0 Å². The van der Waals surface area contributed by atoms with E-state index in [9.17, 15) is 9.59 Å². The van der Waals surface area contributed by atoms with E-state index in [1.165, 1.54) is 0 Å². The number of urea groups is 1. The summed E-state index contributed by atoms with van der Waals surface area (Å²) in [5.74, 6) is 0.551. The van der Waals surface area contributed by atoms with Gasteiger partial charge in [-0.25, -0.2) is 4.79 Å². The molecule has 0 spiro atoms. The van der Waals surface area contributed by atoms with Crippen LogP contribution < -0.4 is 5.32 Å². The second-order valence-electron chi connectivity index (χ2n) is 5.82. The van der Waals surface area contributed by atoms with Gasteiger partial charge in [-0.2, -0.15) is 0 Å². The van der Waals surface area contributed by atoms with E-state index in [4.69, 9.17) is 0 Å². The van der Waals surface area contributed by atoms with Gasteiger partial charge in [0.15, 0.2) is 0 Å². The van der Waals surface area contributed by atoms with E-state index in [2.05, 4.69) is 11.9 Å². The quantitative estimate of drug-likeness (QED) is 0.795. The summed E-state index contributed by atoms with van der Waals surface area (Å²) in [5.41, 5.74) is 0. The first-order valence-corrected chi connectivity index (χ1v) is 7.57. The van der Waals surface area contributed by atoms with Crippen molar-refractivity contribution in [1.29, 1.82) is 0 Å². The van der Waals surface area contributed by atoms with Gasteiger partial charge in [0.1, 0.15) is 0 Å². The monoisotopic (exact) mass is 279 g/mol. The number of carbonyl (C=O) groups excluding carboxylic acids is 2. The minimum absolute atomic E-state index is 0.0277. The molecule has 5 nitrogen and oxygen atoms in total. The molecule has 5 heteroatoms. The zero-order valence-corrected chi connectivity index (χ0v) is 12.3. The van der Waals surface area contributed by atoms with Crippen molar-refractivity contribution in [2.75, 3.05) is 26.2 Å². The molecule has 20 heavy (non-hydrogen) atoms. The summed E-state index contributed by atoms with van der Waals surface area (Å²) in [6.45, 7) is 8.45. The second-order valence-corrected chi connectivity index (χ2v) is 5.82. The van der Waals surface area contributed by atoms with E-state index in [1.807, 2.05) is 22.8 Å². The first-order chi connectivity index (χ1) is 9.61. The Hall–Kier alpha value is -1.52. The Morgan fingerprint density at radius 3 is 2.55 bits per heavy atom. The van der Waals surface area contributed by atoms with Crippen LogP contribution in [0.1, 0.15) is 32.6 Å². The number of rotatable bonds is 4. The molecule has 3 amide bonds. The molecule has 1 aliphatic carbocycles. The average Bonchev–Trinajstić information content (AvgIpc) is 3.24. The van der Waals surface area contributed by atoms with Crippen molar-refractivity contribution < 1.29 is 9.59 Å². The van der Waals surface area contributed by atoms with Crippen LogP contribution in [0.25, 0.3) is 0 Å². The molecule has 2 fully saturated rings. The third-order valence-corrected chi connectivity index (χ3v) is 3.91. The Balaban J connectivity index is 1.80. The summed E-state index contributed by atoms with van der Waals surface area (Å²) >= 11 is 0.